The van der Waals surface area contributed by atoms with Crippen molar-refractivity contribution in [2.75, 3.05) is 7.05 Å². The zero-order valence-corrected chi connectivity index (χ0v) is 13.2. The molecule has 0 saturated heterocycles. The van der Waals surface area contributed by atoms with Gasteiger partial charge in [-0.25, -0.2) is 9.79 Å². The van der Waals surface area contributed by atoms with E-state index in [2.05, 4.69) is 4.99 Å². The summed E-state index contributed by atoms with van der Waals surface area (Å²) < 4.78 is 0. The van der Waals surface area contributed by atoms with Crippen molar-refractivity contribution in [1.29, 1.82) is 0 Å². The maximum absolute atomic E-state index is 12.3. The number of likely N-dealkylation sites (N-methyl/N-ethyl adjacent to an activating group) is 1. The molecule has 6 heteroatoms. The predicted molar refractivity (Wildman–Crippen MR) is 64.0 cm³/mol. The zero-order valence-electron chi connectivity index (χ0n) is 11.2. The number of nitrogens with zero attached hydrogens (tertiary/aromatic N) is 2. The Labute approximate surface area is 133 Å². The van der Waals surface area contributed by atoms with Gasteiger partial charge >= 0.3 is 35.6 Å². The van der Waals surface area contributed by atoms with Crippen LogP contribution in [-0.2, 0) is 10.2 Å². The third kappa shape index (κ3) is 2.33. The van der Waals surface area contributed by atoms with Crippen LogP contribution in [0.15, 0.2) is 35.3 Å². The average molecular weight is 268 g/mol. The molecule has 1 heterocycles. The summed E-state index contributed by atoms with van der Waals surface area (Å²) in [5, 5.41) is 12.1. The van der Waals surface area contributed by atoms with Gasteiger partial charge in [0.15, 0.2) is 0 Å². The van der Waals surface area contributed by atoms with Crippen LogP contribution in [0.3, 0.4) is 0 Å². The molecule has 0 bridgehead atoms. The molecule has 19 heavy (non-hydrogen) atoms. The van der Waals surface area contributed by atoms with Crippen LogP contribution in [0.2, 0.25) is 0 Å². The van der Waals surface area contributed by atoms with Gasteiger partial charge in [-0.3, -0.25) is 9.69 Å². The first-order valence-electron chi connectivity index (χ1n) is 5.68. The Bertz CT molecular complexity index is 530. The predicted octanol–water partition coefficient (Wildman–Crippen LogP) is -2.31. The molecule has 1 unspecified atom stereocenters. The van der Waals surface area contributed by atoms with E-state index in [4.69, 9.17) is 0 Å². The largest absolute Gasteiger partial charge is 1.00 e. The standard InChI is InChI=1S/C13H14N2O3.Na/c1-3-13(9-7-5-4-6-8-9)10(16)14-12(18)15(2)11(13)17;/h4-8H,3H2,1-2H3,(H,14,16,18);/q;+1/p-1. The van der Waals surface area contributed by atoms with Crippen LogP contribution in [0.1, 0.15) is 18.9 Å². The SMILES string of the molecule is CCC1(c2ccccc2)C(=O)N(C)C(=O)N=C1[O-].[Na+]. The Balaban J connectivity index is 0.00000180. The van der Waals surface area contributed by atoms with Crippen molar-refractivity contribution >= 4 is 17.8 Å². The van der Waals surface area contributed by atoms with Crippen LogP contribution in [0.25, 0.3) is 0 Å². The fraction of sp³-hybridized carbons (Fsp3) is 0.308. The van der Waals surface area contributed by atoms with Gasteiger partial charge < -0.3 is 5.11 Å². The number of carbonyl (C=O) groups excluding carboxylic acids is 2. The van der Waals surface area contributed by atoms with Crippen molar-refractivity contribution in [2.45, 2.75) is 18.8 Å². The molecule has 1 atom stereocenters. The number of amides is 3. The fourth-order valence-corrected chi connectivity index (χ4v) is 2.20. The minimum atomic E-state index is -1.36. The minimum Gasteiger partial charge on any atom is -0.861 e. The van der Waals surface area contributed by atoms with Crippen molar-refractivity contribution in [3.63, 3.8) is 0 Å². The molecule has 3 amide bonds. The molecule has 1 aliphatic heterocycles. The second kappa shape index (κ2) is 5.86. The van der Waals surface area contributed by atoms with E-state index in [9.17, 15) is 14.7 Å². The molecule has 0 spiro atoms. The normalized spacial score (nSPS) is 22.8. The van der Waals surface area contributed by atoms with Gasteiger partial charge in [-0.15, -0.1) is 0 Å². The molecule has 0 radical (unpaired) electrons. The smallest absolute Gasteiger partial charge is 0.861 e. The number of aliphatic imine (C=N–C) groups is 1. The molecule has 0 saturated carbocycles. The van der Waals surface area contributed by atoms with Crippen molar-refractivity contribution in [1.82, 2.24) is 4.90 Å². The number of imide groups is 1. The van der Waals surface area contributed by atoms with E-state index in [0.717, 1.165) is 4.90 Å². The number of rotatable bonds is 2. The summed E-state index contributed by atoms with van der Waals surface area (Å²) in [6.07, 6.45) is 0.274. The summed E-state index contributed by atoms with van der Waals surface area (Å²) in [6, 6.07) is 7.92. The second-order valence-corrected chi connectivity index (χ2v) is 4.19. The molecule has 0 N–H and O–H groups in total. The summed E-state index contributed by atoms with van der Waals surface area (Å²) in [4.78, 5) is 28.0. The summed E-state index contributed by atoms with van der Waals surface area (Å²) >= 11 is 0. The minimum absolute atomic E-state index is 0. The van der Waals surface area contributed by atoms with E-state index >= 15 is 0 Å². The molecule has 1 aromatic carbocycles. The van der Waals surface area contributed by atoms with E-state index in [1.807, 2.05) is 0 Å². The quantitative estimate of drug-likeness (QED) is 0.566. The Morgan fingerprint density at radius 2 is 1.84 bits per heavy atom. The summed E-state index contributed by atoms with van der Waals surface area (Å²) in [5.41, 5.74) is -0.783. The van der Waals surface area contributed by atoms with Crippen molar-refractivity contribution in [2.24, 2.45) is 4.99 Å². The molecular weight excluding hydrogens is 255 g/mol. The summed E-state index contributed by atoms with van der Waals surface area (Å²) in [5.74, 6) is -1.19. The topological polar surface area (TPSA) is 72.8 Å². The Morgan fingerprint density at radius 1 is 1.26 bits per heavy atom. The summed E-state index contributed by atoms with van der Waals surface area (Å²) in [6.45, 7) is 1.74. The van der Waals surface area contributed by atoms with Crippen LogP contribution in [0, 0.1) is 0 Å². The van der Waals surface area contributed by atoms with Gasteiger partial charge in [-0.2, -0.15) is 0 Å². The van der Waals surface area contributed by atoms with Crippen molar-refractivity contribution in [3.8, 4) is 0 Å². The number of benzene rings is 1. The first kappa shape index (κ1) is 15.9. The molecule has 5 nitrogen and oxygen atoms in total. The molecule has 1 aromatic rings. The molecule has 0 aromatic heterocycles. The van der Waals surface area contributed by atoms with Crippen molar-refractivity contribution < 1.29 is 44.3 Å². The maximum atomic E-state index is 12.3. The van der Waals surface area contributed by atoms with Crippen LogP contribution < -0.4 is 34.7 Å². The molecule has 1 aliphatic rings. The van der Waals surface area contributed by atoms with Crippen LogP contribution >= 0.6 is 0 Å². The number of hydrogen-bond acceptors (Lipinski definition) is 3. The van der Waals surface area contributed by atoms with E-state index < -0.39 is 23.3 Å². The molecule has 2 rings (SSSR count). The van der Waals surface area contributed by atoms with E-state index in [-0.39, 0.29) is 36.0 Å². The van der Waals surface area contributed by atoms with Gasteiger partial charge in [0, 0.05) is 7.05 Å². The van der Waals surface area contributed by atoms with Gasteiger partial charge in [0.1, 0.15) is 5.41 Å². The maximum Gasteiger partial charge on any atom is 1.00 e. The number of hydrogen-bond donors (Lipinski definition) is 0. The monoisotopic (exact) mass is 268 g/mol. The van der Waals surface area contributed by atoms with Gasteiger partial charge in [0.05, 0.1) is 0 Å². The van der Waals surface area contributed by atoms with Crippen LogP contribution in [0.4, 0.5) is 4.79 Å². The van der Waals surface area contributed by atoms with E-state index in [1.165, 1.54) is 7.05 Å². The van der Waals surface area contributed by atoms with E-state index in [1.54, 1.807) is 37.3 Å². The summed E-state index contributed by atoms with van der Waals surface area (Å²) in [7, 11) is 1.34. The average Bonchev–Trinajstić information content (AvgIpc) is 2.39. The van der Waals surface area contributed by atoms with E-state index in [0.29, 0.717) is 5.56 Å². The first-order valence-corrected chi connectivity index (χ1v) is 5.68. The van der Waals surface area contributed by atoms with Crippen LogP contribution in [0.5, 0.6) is 0 Å². The van der Waals surface area contributed by atoms with Crippen LogP contribution in [-0.4, -0.2) is 29.8 Å². The van der Waals surface area contributed by atoms with Crippen molar-refractivity contribution in [3.05, 3.63) is 35.9 Å². The first-order chi connectivity index (χ1) is 8.54. The number of carbonyl (C=O) groups is 2. The Morgan fingerprint density at radius 3 is 2.37 bits per heavy atom. The Kier molecular flexibility index (Phi) is 4.90. The number of urea groups is 1. The third-order valence-corrected chi connectivity index (χ3v) is 3.32. The molecule has 0 fully saturated rings. The zero-order chi connectivity index (χ0) is 13.3. The molecular formula is C13H13N2NaO3. The second-order valence-electron chi connectivity index (χ2n) is 4.19. The Hall–Kier alpha value is -1.17. The molecule has 94 valence electrons. The molecule has 0 aliphatic carbocycles. The third-order valence-electron chi connectivity index (χ3n) is 3.32. The van der Waals surface area contributed by atoms with Gasteiger partial charge in [0.2, 0.25) is 5.91 Å². The van der Waals surface area contributed by atoms with Gasteiger partial charge in [0.25, 0.3) is 0 Å². The van der Waals surface area contributed by atoms with Gasteiger partial charge in [-0.05, 0) is 17.9 Å². The fourth-order valence-electron chi connectivity index (χ4n) is 2.20. The van der Waals surface area contributed by atoms with Gasteiger partial charge in [-0.1, -0.05) is 37.3 Å².